The highest BCUT2D eigenvalue weighted by molar-refractivity contribution is 5.42. The molecule has 0 fully saturated rings. The molecule has 116 valence electrons. The fraction of sp³-hybridized carbons (Fsp3) is 0.263. The van der Waals surface area contributed by atoms with E-state index in [1.807, 2.05) is 10.9 Å². The highest BCUT2D eigenvalue weighted by atomic mass is 15.4. The van der Waals surface area contributed by atoms with Crippen LogP contribution in [0, 0.1) is 13.8 Å². The second-order valence-electron chi connectivity index (χ2n) is 6.34. The molecule has 4 rings (SSSR count). The van der Waals surface area contributed by atoms with E-state index in [4.69, 9.17) is 0 Å². The summed E-state index contributed by atoms with van der Waals surface area (Å²) in [5, 5.41) is 8.37. The Kier molecular flexibility index (Phi) is 3.46. The number of hydrogen-bond acceptors (Lipinski definition) is 3. The highest BCUT2D eigenvalue weighted by Gasteiger charge is 2.20. The minimum Gasteiger partial charge on any atom is -0.289 e. The van der Waals surface area contributed by atoms with E-state index < -0.39 is 0 Å². The Balaban J connectivity index is 1.69. The maximum atomic E-state index is 4.27. The average molecular weight is 304 g/mol. The summed E-state index contributed by atoms with van der Waals surface area (Å²) in [5.41, 5.74) is 7.63. The molecular formula is C19H20N4. The number of aryl methyl sites for hydroxylation is 2. The van der Waals surface area contributed by atoms with Gasteiger partial charge in [-0.15, -0.1) is 5.10 Å². The van der Waals surface area contributed by atoms with Crippen molar-refractivity contribution in [2.45, 2.75) is 33.5 Å². The van der Waals surface area contributed by atoms with E-state index in [1.54, 1.807) is 0 Å². The molecule has 23 heavy (non-hydrogen) atoms. The van der Waals surface area contributed by atoms with Crippen LogP contribution in [0.2, 0.25) is 0 Å². The van der Waals surface area contributed by atoms with Gasteiger partial charge in [-0.2, -0.15) is 0 Å². The van der Waals surface area contributed by atoms with Gasteiger partial charge >= 0.3 is 0 Å². The summed E-state index contributed by atoms with van der Waals surface area (Å²) < 4.78 is 1.97. The first kappa shape index (κ1) is 14.2. The zero-order chi connectivity index (χ0) is 15.8. The molecule has 4 nitrogen and oxygen atoms in total. The van der Waals surface area contributed by atoms with E-state index in [0.29, 0.717) is 0 Å². The second kappa shape index (κ2) is 5.63. The van der Waals surface area contributed by atoms with E-state index in [9.17, 15) is 0 Å². The summed E-state index contributed by atoms with van der Waals surface area (Å²) >= 11 is 0. The smallest absolute Gasteiger partial charge is 0.0786 e. The predicted molar refractivity (Wildman–Crippen MR) is 90.2 cm³/mol. The molecule has 4 heteroatoms. The monoisotopic (exact) mass is 304 g/mol. The van der Waals surface area contributed by atoms with Crippen molar-refractivity contribution in [3.8, 4) is 5.69 Å². The van der Waals surface area contributed by atoms with Crippen molar-refractivity contribution < 1.29 is 0 Å². The normalized spacial score (nSPS) is 14.2. The highest BCUT2D eigenvalue weighted by Crippen LogP contribution is 2.24. The number of para-hydroxylation sites is 1. The van der Waals surface area contributed by atoms with Crippen LogP contribution in [0.4, 0.5) is 0 Å². The van der Waals surface area contributed by atoms with Gasteiger partial charge in [0.25, 0.3) is 0 Å². The third-order valence-electron chi connectivity index (χ3n) is 4.51. The molecule has 3 aromatic rings. The first-order valence-corrected chi connectivity index (χ1v) is 7.97. The van der Waals surface area contributed by atoms with Crippen LogP contribution in [0.5, 0.6) is 0 Å². The van der Waals surface area contributed by atoms with Crippen LogP contribution in [-0.4, -0.2) is 19.9 Å². The van der Waals surface area contributed by atoms with Crippen LogP contribution >= 0.6 is 0 Å². The largest absolute Gasteiger partial charge is 0.289 e. The average Bonchev–Trinajstić information content (AvgIpc) is 2.93. The van der Waals surface area contributed by atoms with Crippen molar-refractivity contribution in [1.82, 2.24) is 19.9 Å². The van der Waals surface area contributed by atoms with Gasteiger partial charge in [-0.3, -0.25) is 4.90 Å². The Labute approximate surface area is 136 Å². The molecule has 1 aliphatic heterocycles. The van der Waals surface area contributed by atoms with Crippen molar-refractivity contribution >= 4 is 0 Å². The van der Waals surface area contributed by atoms with E-state index in [0.717, 1.165) is 31.0 Å². The maximum Gasteiger partial charge on any atom is 0.0786 e. The molecule has 1 aliphatic rings. The fourth-order valence-electron chi connectivity index (χ4n) is 3.32. The van der Waals surface area contributed by atoms with Crippen molar-refractivity contribution in [2.75, 3.05) is 0 Å². The molecule has 0 saturated heterocycles. The quantitative estimate of drug-likeness (QED) is 0.727. The third-order valence-corrected chi connectivity index (χ3v) is 4.51. The maximum absolute atomic E-state index is 4.27. The fourth-order valence-corrected chi connectivity index (χ4v) is 3.32. The number of fused-ring (bicyclic) bond motifs is 3. The topological polar surface area (TPSA) is 34.0 Å². The number of nitrogens with zero attached hydrogens (tertiary/aromatic N) is 4. The predicted octanol–water partition coefficient (Wildman–Crippen LogP) is 3.40. The lowest BCUT2D eigenvalue weighted by atomic mass is 10.0. The van der Waals surface area contributed by atoms with E-state index in [1.165, 1.54) is 22.3 Å². The van der Waals surface area contributed by atoms with Crippen molar-refractivity contribution in [2.24, 2.45) is 0 Å². The minimum atomic E-state index is 0.856. The molecule has 2 aromatic carbocycles. The Hall–Kier alpha value is -2.46. The summed E-state index contributed by atoms with van der Waals surface area (Å²) in [6.45, 7) is 7.05. The Morgan fingerprint density at radius 2 is 1.91 bits per heavy atom. The van der Waals surface area contributed by atoms with E-state index in [-0.39, 0.29) is 0 Å². The molecular weight excluding hydrogens is 284 g/mol. The van der Waals surface area contributed by atoms with E-state index >= 15 is 0 Å². The van der Waals surface area contributed by atoms with Gasteiger partial charge in [-0.1, -0.05) is 47.2 Å². The number of rotatable bonds is 2. The van der Waals surface area contributed by atoms with Crippen molar-refractivity contribution in [1.29, 1.82) is 0 Å². The Morgan fingerprint density at radius 3 is 2.78 bits per heavy atom. The SMILES string of the molecule is Cc1ccc(CN2Cc3ccccc3-n3nncc3C2)c(C)c1. The van der Waals surface area contributed by atoms with Gasteiger partial charge in [0.2, 0.25) is 0 Å². The molecule has 0 saturated carbocycles. The molecule has 2 heterocycles. The molecule has 0 unspecified atom stereocenters. The van der Waals surface area contributed by atoms with Crippen LogP contribution in [0.3, 0.4) is 0 Å². The zero-order valence-electron chi connectivity index (χ0n) is 13.5. The first-order valence-electron chi connectivity index (χ1n) is 7.97. The standard InChI is InChI=1S/C19H20N4/c1-14-7-8-16(15(2)9-14)11-22-12-17-5-3-4-6-19(17)23-18(13-22)10-20-21-23/h3-10H,11-13H2,1-2H3. The van der Waals surface area contributed by atoms with Crippen LogP contribution in [0.1, 0.15) is 27.9 Å². The third kappa shape index (κ3) is 2.66. The molecule has 0 atom stereocenters. The molecule has 0 spiro atoms. The lowest BCUT2D eigenvalue weighted by molar-refractivity contribution is 0.247. The van der Waals surface area contributed by atoms with Gasteiger partial charge < -0.3 is 0 Å². The molecule has 0 N–H and O–H groups in total. The summed E-state index contributed by atoms with van der Waals surface area (Å²) in [6.07, 6.45) is 1.87. The van der Waals surface area contributed by atoms with Crippen LogP contribution in [0.25, 0.3) is 5.69 Å². The summed E-state index contributed by atoms with van der Waals surface area (Å²) in [7, 11) is 0. The number of hydrogen-bond donors (Lipinski definition) is 0. The van der Waals surface area contributed by atoms with E-state index in [2.05, 4.69) is 71.5 Å². The van der Waals surface area contributed by atoms with Gasteiger partial charge in [0, 0.05) is 19.6 Å². The zero-order valence-corrected chi connectivity index (χ0v) is 13.5. The van der Waals surface area contributed by atoms with Crippen LogP contribution in [0.15, 0.2) is 48.7 Å². The lowest BCUT2D eigenvalue weighted by Gasteiger charge is -2.21. The lowest BCUT2D eigenvalue weighted by Crippen LogP contribution is -2.22. The summed E-state index contributed by atoms with van der Waals surface area (Å²) in [4.78, 5) is 2.46. The number of benzene rings is 2. The summed E-state index contributed by atoms with van der Waals surface area (Å²) in [6, 6.07) is 15.2. The van der Waals surface area contributed by atoms with Gasteiger partial charge in [0.05, 0.1) is 17.6 Å². The Bertz CT molecular complexity index is 850. The molecule has 1 aromatic heterocycles. The Morgan fingerprint density at radius 1 is 1.04 bits per heavy atom. The van der Waals surface area contributed by atoms with Gasteiger partial charge in [0.15, 0.2) is 0 Å². The molecule has 0 bridgehead atoms. The van der Waals surface area contributed by atoms with Crippen LogP contribution < -0.4 is 0 Å². The number of aromatic nitrogens is 3. The van der Waals surface area contributed by atoms with Gasteiger partial charge in [-0.25, -0.2) is 4.68 Å². The van der Waals surface area contributed by atoms with Crippen LogP contribution in [-0.2, 0) is 19.6 Å². The molecule has 0 radical (unpaired) electrons. The van der Waals surface area contributed by atoms with Gasteiger partial charge in [0.1, 0.15) is 0 Å². The summed E-state index contributed by atoms with van der Waals surface area (Å²) in [5.74, 6) is 0. The molecule has 0 amide bonds. The first-order chi connectivity index (χ1) is 11.2. The van der Waals surface area contributed by atoms with Crippen molar-refractivity contribution in [3.05, 3.63) is 76.6 Å². The second-order valence-corrected chi connectivity index (χ2v) is 6.34. The molecule has 0 aliphatic carbocycles. The van der Waals surface area contributed by atoms with Crippen molar-refractivity contribution in [3.63, 3.8) is 0 Å². The minimum absolute atomic E-state index is 0.856. The van der Waals surface area contributed by atoms with Gasteiger partial charge in [-0.05, 0) is 36.6 Å².